The third-order valence-corrected chi connectivity index (χ3v) is 3.54. The summed E-state index contributed by atoms with van der Waals surface area (Å²) in [5.74, 6) is 0. The lowest BCUT2D eigenvalue weighted by molar-refractivity contribution is 0.0965. The molecule has 0 bridgehead atoms. The molecule has 0 aliphatic carbocycles. The largest absolute Gasteiger partial charge is 0.312 e. The normalized spacial score (nSPS) is 13.2. The van der Waals surface area contributed by atoms with Crippen LogP contribution in [0.2, 0.25) is 0 Å². The van der Waals surface area contributed by atoms with Crippen LogP contribution >= 0.6 is 0 Å². The third-order valence-electron chi connectivity index (χ3n) is 3.54. The Balaban J connectivity index is 3.15. The highest BCUT2D eigenvalue weighted by molar-refractivity contribution is 4.66. The highest BCUT2D eigenvalue weighted by Gasteiger charge is 2.16. The zero-order chi connectivity index (χ0) is 13.6. The highest BCUT2D eigenvalue weighted by Crippen LogP contribution is 2.13. The van der Waals surface area contributed by atoms with Gasteiger partial charge in [-0.15, -0.1) is 0 Å². The molecule has 18 heavy (non-hydrogen) atoms. The van der Waals surface area contributed by atoms with Gasteiger partial charge < -0.3 is 5.32 Å². The quantitative estimate of drug-likeness (QED) is 0.453. The molecule has 0 aliphatic rings. The third kappa shape index (κ3) is 10.9. The van der Waals surface area contributed by atoms with Crippen LogP contribution in [-0.4, -0.2) is 19.5 Å². The predicted octanol–water partition coefficient (Wildman–Crippen LogP) is 5.15. The molecule has 110 valence electrons. The van der Waals surface area contributed by atoms with Gasteiger partial charge in [0.2, 0.25) is 0 Å². The Morgan fingerprint density at radius 2 is 1.22 bits per heavy atom. The summed E-state index contributed by atoms with van der Waals surface area (Å²) in [7, 11) is 1.62. The molecule has 0 heterocycles. The maximum absolute atomic E-state index is 12.4. The molecule has 0 saturated carbocycles. The van der Waals surface area contributed by atoms with Crippen molar-refractivity contribution in [3.63, 3.8) is 0 Å². The molecule has 0 aromatic carbocycles. The van der Waals surface area contributed by atoms with E-state index in [0.717, 1.165) is 12.8 Å². The van der Waals surface area contributed by atoms with Gasteiger partial charge in [-0.25, -0.2) is 8.78 Å². The molecule has 0 aromatic rings. The van der Waals surface area contributed by atoms with Gasteiger partial charge in [-0.05, 0) is 13.5 Å². The second-order valence-corrected chi connectivity index (χ2v) is 5.20. The zero-order valence-corrected chi connectivity index (χ0v) is 12.2. The first kappa shape index (κ1) is 17.8. The van der Waals surface area contributed by atoms with Crippen LogP contribution in [0.5, 0.6) is 0 Å². The molecule has 0 aromatic heterocycles. The fraction of sp³-hybridized carbons (Fsp3) is 1.00. The molecule has 1 atom stereocenters. The molecule has 1 unspecified atom stereocenters. The van der Waals surface area contributed by atoms with Crippen molar-refractivity contribution in [2.75, 3.05) is 7.05 Å². The number of hydrogen-bond donors (Lipinski definition) is 1. The summed E-state index contributed by atoms with van der Waals surface area (Å²) in [4.78, 5) is 0. The minimum Gasteiger partial charge on any atom is -0.312 e. The van der Waals surface area contributed by atoms with Crippen LogP contribution in [0.1, 0.15) is 77.6 Å². The van der Waals surface area contributed by atoms with Crippen LogP contribution < -0.4 is 5.32 Å². The van der Waals surface area contributed by atoms with Crippen molar-refractivity contribution in [2.24, 2.45) is 0 Å². The first-order valence-electron chi connectivity index (χ1n) is 7.67. The molecular weight excluding hydrogens is 232 g/mol. The molecule has 0 saturated heterocycles. The fourth-order valence-electron chi connectivity index (χ4n) is 2.25. The topological polar surface area (TPSA) is 12.0 Å². The highest BCUT2D eigenvalue weighted by atomic mass is 19.3. The average Bonchev–Trinajstić information content (AvgIpc) is 2.35. The monoisotopic (exact) mass is 263 g/mol. The van der Waals surface area contributed by atoms with Gasteiger partial charge in [-0.3, -0.25) is 0 Å². The Bertz CT molecular complexity index is 163. The van der Waals surface area contributed by atoms with Crippen LogP contribution in [0.15, 0.2) is 0 Å². The van der Waals surface area contributed by atoms with Crippen LogP contribution in [-0.2, 0) is 0 Å². The van der Waals surface area contributed by atoms with E-state index in [2.05, 4.69) is 12.2 Å². The predicted molar refractivity (Wildman–Crippen MR) is 75.3 cm³/mol. The van der Waals surface area contributed by atoms with E-state index in [0.29, 0.717) is 6.42 Å². The first-order valence-corrected chi connectivity index (χ1v) is 7.67. The molecule has 0 amide bonds. The Morgan fingerprint density at radius 3 is 1.61 bits per heavy atom. The Hall–Kier alpha value is -0.180. The molecule has 3 heteroatoms. The number of alkyl halides is 2. The van der Waals surface area contributed by atoms with E-state index in [4.69, 9.17) is 0 Å². The number of rotatable bonds is 13. The van der Waals surface area contributed by atoms with E-state index in [9.17, 15) is 8.78 Å². The molecule has 1 N–H and O–H groups in total. The number of halogens is 2. The molecule has 0 spiro atoms. The second kappa shape index (κ2) is 13.3. The van der Waals surface area contributed by atoms with Crippen molar-refractivity contribution >= 4 is 0 Å². The van der Waals surface area contributed by atoms with Crippen molar-refractivity contribution in [3.8, 4) is 0 Å². The van der Waals surface area contributed by atoms with Crippen LogP contribution in [0.25, 0.3) is 0 Å². The summed E-state index contributed by atoms with van der Waals surface area (Å²) in [6, 6.07) is -0.612. The average molecular weight is 263 g/mol. The Kier molecular flexibility index (Phi) is 13.1. The minimum absolute atomic E-state index is 0.602. The smallest absolute Gasteiger partial charge is 0.253 e. The first-order chi connectivity index (χ1) is 8.72. The molecule has 0 rings (SSSR count). The van der Waals surface area contributed by atoms with Gasteiger partial charge >= 0.3 is 0 Å². The second-order valence-electron chi connectivity index (χ2n) is 5.20. The van der Waals surface area contributed by atoms with Crippen LogP contribution in [0, 0.1) is 0 Å². The minimum atomic E-state index is -2.23. The molecule has 0 fully saturated rings. The van der Waals surface area contributed by atoms with Crippen LogP contribution in [0.4, 0.5) is 8.78 Å². The summed E-state index contributed by atoms with van der Waals surface area (Å²) in [6.45, 7) is 2.23. The van der Waals surface area contributed by atoms with Crippen LogP contribution in [0.3, 0.4) is 0 Å². The SMILES string of the molecule is CCCCCCCCCCCCC(NC)C(F)F. The maximum Gasteiger partial charge on any atom is 0.253 e. The molecular formula is C15H31F2N. The van der Waals surface area contributed by atoms with Crippen molar-refractivity contribution < 1.29 is 8.78 Å². The molecule has 0 radical (unpaired) electrons. The summed E-state index contributed by atoms with van der Waals surface area (Å²) < 4.78 is 24.8. The van der Waals surface area contributed by atoms with Gasteiger partial charge in [0.25, 0.3) is 6.43 Å². The van der Waals surface area contributed by atoms with E-state index >= 15 is 0 Å². The summed E-state index contributed by atoms with van der Waals surface area (Å²) >= 11 is 0. The van der Waals surface area contributed by atoms with Crippen molar-refractivity contribution in [1.82, 2.24) is 5.32 Å². The van der Waals surface area contributed by atoms with E-state index < -0.39 is 12.5 Å². The standard InChI is InChI=1S/C15H31F2N/c1-3-4-5-6-7-8-9-10-11-12-13-14(18-2)15(16)17/h14-15,18H,3-13H2,1-2H3. The van der Waals surface area contributed by atoms with Gasteiger partial charge in [0, 0.05) is 0 Å². The van der Waals surface area contributed by atoms with Crippen molar-refractivity contribution in [1.29, 1.82) is 0 Å². The van der Waals surface area contributed by atoms with Crippen molar-refractivity contribution in [3.05, 3.63) is 0 Å². The number of unbranched alkanes of at least 4 members (excludes halogenated alkanes) is 9. The summed E-state index contributed by atoms with van der Waals surface area (Å²) in [5, 5.41) is 2.68. The molecule has 1 nitrogen and oxygen atoms in total. The van der Waals surface area contributed by atoms with Gasteiger partial charge in [0.15, 0.2) is 0 Å². The van der Waals surface area contributed by atoms with Gasteiger partial charge in [-0.1, -0.05) is 71.1 Å². The number of nitrogens with one attached hydrogen (secondary N) is 1. The molecule has 0 aliphatic heterocycles. The van der Waals surface area contributed by atoms with E-state index in [1.54, 1.807) is 7.05 Å². The lowest BCUT2D eigenvalue weighted by Crippen LogP contribution is -2.32. The number of hydrogen-bond acceptors (Lipinski definition) is 1. The van der Waals surface area contributed by atoms with Gasteiger partial charge in [0.05, 0.1) is 6.04 Å². The van der Waals surface area contributed by atoms with E-state index in [1.165, 1.54) is 51.4 Å². The zero-order valence-electron chi connectivity index (χ0n) is 12.2. The Labute approximate surface area is 112 Å². The van der Waals surface area contributed by atoms with E-state index in [1.807, 2.05) is 0 Å². The lowest BCUT2D eigenvalue weighted by atomic mass is 10.0. The van der Waals surface area contributed by atoms with Crippen molar-refractivity contribution in [2.45, 2.75) is 90.0 Å². The van der Waals surface area contributed by atoms with E-state index in [-0.39, 0.29) is 0 Å². The van der Waals surface area contributed by atoms with Gasteiger partial charge in [-0.2, -0.15) is 0 Å². The fourth-order valence-corrected chi connectivity index (χ4v) is 2.25. The summed E-state index contributed by atoms with van der Waals surface area (Å²) in [6.07, 6.45) is 10.9. The Morgan fingerprint density at radius 1 is 0.778 bits per heavy atom. The maximum atomic E-state index is 12.4. The summed E-state index contributed by atoms with van der Waals surface area (Å²) in [5.41, 5.74) is 0. The van der Waals surface area contributed by atoms with Gasteiger partial charge in [0.1, 0.15) is 0 Å². The lowest BCUT2D eigenvalue weighted by Gasteiger charge is -2.14.